The monoisotopic (exact) mass is 512 g/mol. The highest BCUT2D eigenvalue weighted by Gasteiger charge is 2.41. The van der Waals surface area contributed by atoms with Gasteiger partial charge in [-0.15, -0.1) is 11.3 Å². The quantitative estimate of drug-likeness (QED) is 0.509. The number of ether oxygens (including phenoxy) is 2. The minimum absolute atomic E-state index is 0.00984. The van der Waals surface area contributed by atoms with Gasteiger partial charge in [-0.05, 0) is 32.1 Å². The molecule has 0 aliphatic carbocycles. The van der Waals surface area contributed by atoms with Gasteiger partial charge in [-0.2, -0.15) is 0 Å². The van der Waals surface area contributed by atoms with Gasteiger partial charge in [-0.3, -0.25) is 9.36 Å². The second kappa shape index (κ2) is 10.3. The number of hydrogen-bond acceptors (Lipinski definition) is 7. The van der Waals surface area contributed by atoms with Crippen molar-refractivity contribution in [3.63, 3.8) is 0 Å². The topological polar surface area (TPSA) is 101 Å². The largest absolute Gasteiger partial charge is 0.463 e. The molecule has 0 fully saturated rings. The van der Waals surface area contributed by atoms with Crippen molar-refractivity contribution in [1.82, 2.24) is 4.57 Å². The number of hydrogen-bond donors (Lipinski definition) is 1. The van der Waals surface area contributed by atoms with E-state index in [4.69, 9.17) is 15.2 Å². The summed E-state index contributed by atoms with van der Waals surface area (Å²) in [6.45, 7) is 3.14. The summed E-state index contributed by atoms with van der Waals surface area (Å²) < 4.78 is 40.9. The highest BCUT2D eigenvalue weighted by atomic mass is 32.1. The Morgan fingerprint density at radius 1 is 0.972 bits per heavy atom. The van der Waals surface area contributed by atoms with Crippen molar-refractivity contribution in [2.45, 2.75) is 19.8 Å². The van der Waals surface area contributed by atoms with Gasteiger partial charge in [-0.1, -0.05) is 36.4 Å². The van der Waals surface area contributed by atoms with E-state index in [-0.39, 0.29) is 50.5 Å². The third-order valence-corrected chi connectivity index (χ3v) is 6.66. The fraction of sp³-hybridized carbons (Fsp3) is 0.192. The van der Waals surface area contributed by atoms with Crippen molar-refractivity contribution >= 4 is 40.7 Å². The summed E-state index contributed by atoms with van der Waals surface area (Å²) in [6, 6.07) is 11.5. The summed E-state index contributed by atoms with van der Waals surface area (Å²) in [7, 11) is 0. The zero-order chi connectivity index (χ0) is 26.0. The molecule has 1 aliphatic heterocycles. The highest BCUT2D eigenvalue weighted by molar-refractivity contribution is 7.07. The molecule has 0 radical (unpaired) electrons. The lowest BCUT2D eigenvalue weighted by atomic mass is 9.83. The second-order valence-electron chi connectivity index (χ2n) is 7.69. The molecule has 186 valence electrons. The molecule has 0 bridgehead atoms. The zero-order valence-corrected chi connectivity index (χ0v) is 20.2. The summed E-state index contributed by atoms with van der Waals surface area (Å²) in [6.07, 6.45) is 1.33. The van der Waals surface area contributed by atoms with E-state index in [9.17, 15) is 18.8 Å². The number of rotatable bonds is 6. The summed E-state index contributed by atoms with van der Waals surface area (Å²) in [5, 5.41) is 0. The van der Waals surface area contributed by atoms with Gasteiger partial charge in [0.15, 0.2) is 0 Å². The number of carbonyl (C=O) groups excluding carboxylic acids is 2. The first-order chi connectivity index (χ1) is 17.3. The Bertz CT molecular complexity index is 1570. The molecule has 2 N–H and O–H groups in total. The first-order valence-electron chi connectivity index (χ1n) is 11.1. The lowest BCUT2D eigenvalue weighted by Gasteiger charge is -2.27. The van der Waals surface area contributed by atoms with E-state index in [0.29, 0.717) is 0 Å². The molecule has 0 saturated carbocycles. The van der Waals surface area contributed by atoms with Crippen LogP contribution in [-0.2, 0) is 19.1 Å². The maximum absolute atomic E-state index is 15.0. The minimum Gasteiger partial charge on any atom is -0.463 e. The van der Waals surface area contributed by atoms with E-state index < -0.39 is 35.1 Å². The van der Waals surface area contributed by atoms with Crippen LogP contribution in [0, 0.1) is 11.6 Å². The molecular weight excluding hydrogens is 490 g/mol. The lowest BCUT2D eigenvalue weighted by Crippen LogP contribution is -2.42. The standard InChI is InChI=1S/C26H22F2N2O5S/c1-3-34-25(32)20-19(15-10-6-8-12-17(15)28)21(26(33)35-4-2)24-30(22(20)29)23(31)18(36-24)13-14-9-5-7-11-16(14)27/h5-13,19H,3-4,29H2,1-2H3. The van der Waals surface area contributed by atoms with Gasteiger partial charge < -0.3 is 15.2 Å². The van der Waals surface area contributed by atoms with Gasteiger partial charge in [0.1, 0.15) is 22.1 Å². The van der Waals surface area contributed by atoms with Crippen LogP contribution >= 0.6 is 11.3 Å². The van der Waals surface area contributed by atoms with Gasteiger partial charge in [0.05, 0.1) is 34.8 Å². The van der Waals surface area contributed by atoms with Gasteiger partial charge in [0, 0.05) is 11.1 Å². The molecule has 0 spiro atoms. The van der Waals surface area contributed by atoms with Crippen molar-refractivity contribution in [1.29, 1.82) is 0 Å². The normalized spacial score (nSPS) is 15.6. The summed E-state index contributed by atoms with van der Waals surface area (Å²) in [5.41, 5.74) is 5.39. The Labute approximate surface area is 208 Å². The number of nitrogens with zero attached hydrogens (tertiary/aromatic N) is 1. The van der Waals surface area contributed by atoms with Crippen molar-refractivity contribution < 1.29 is 27.8 Å². The first-order valence-corrected chi connectivity index (χ1v) is 11.9. The van der Waals surface area contributed by atoms with Crippen LogP contribution in [0.2, 0.25) is 0 Å². The highest BCUT2D eigenvalue weighted by Crippen LogP contribution is 2.38. The third-order valence-electron chi connectivity index (χ3n) is 5.55. The number of aromatic nitrogens is 1. The molecule has 1 aromatic heterocycles. The van der Waals surface area contributed by atoms with Gasteiger partial charge in [0.2, 0.25) is 0 Å². The number of carbonyl (C=O) groups is 2. The molecule has 3 aromatic rings. The Balaban J connectivity index is 2.15. The van der Waals surface area contributed by atoms with Crippen molar-refractivity contribution in [2.24, 2.45) is 5.73 Å². The van der Waals surface area contributed by atoms with Crippen molar-refractivity contribution in [2.75, 3.05) is 13.2 Å². The number of benzene rings is 2. The Kier molecular flexibility index (Phi) is 7.16. The van der Waals surface area contributed by atoms with Crippen LogP contribution in [0.25, 0.3) is 17.5 Å². The fourth-order valence-corrected chi connectivity index (χ4v) is 5.17. The third kappa shape index (κ3) is 4.35. The minimum atomic E-state index is -1.30. The molecule has 7 nitrogen and oxygen atoms in total. The van der Waals surface area contributed by atoms with E-state index in [0.717, 1.165) is 15.9 Å². The van der Waals surface area contributed by atoms with Gasteiger partial charge >= 0.3 is 11.9 Å². The fourth-order valence-electron chi connectivity index (χ4n) is 4.02. The summed E-state index contributed by atoms with van der Waals surface area (Å²) >= 11 is 0.865. The maximum Gasteiger partial charge on any atom is 0.338 e. The van der Waals surface area contributed by atoms with Gasteiger partial charge in [0.25, 0.3) is 5.56 Å². The van der Waals surface area contributed by atoms with Crippen LogP contribution in [0.4, 0.5) is 8.78 Å². The second-order valence-corrected chi connectivity index (χ2v) is 8.72. The average molecular weight is 513 g/mol. The molecule has 2 heterocycles. The van der Waals surface area contributed by atoms with Crippen LogP contribution in [-0.4, -0.2) is 29.7 Å². The first kappa shape index (κ1) is 25.1. The molecule has 1 atom stereocenters. The van der Waals surface area contributed by atoms with E-state index in [1.165, 1.54) is 42.5 Å². The predicted octanol–water partition coefficient (Wildman–Crippen LogP) is 2.22. The molecule has 10 heteroatoms. The summed E-state index contributed by atoms with van der Waals surface area (Å²) in [4.78, 5) is 39.7. The smallest absolute Gasteiger partial charge is 0.338 e. The molecule has 4 rings (SSSR count). The predicted molar refractivity (Wildman–Crippen MR) is 131 cm³/mol. The molecule has 36 heavy (non-hydrogen) atoms. The van der Waals surface area contributed by atoms with E-state index in [1.807, 2.05) is 0 Å². The van der Waals surface area contributed by atoms with E-state index in [1.54, 1.807) is 26.0 Å². The van der Waals surface area contributed by atoms with Crippen LogP contribution < -0.4 is 20.5 Å². The molecule has 1 aliphatic rings. The molecule has 1 unspecified atom stereocenters. The van der Waals surface area contributed by atoms with Gasteiger partial charge in [-0.25, -0.2) is 18.4 Å². The van der Waals surface area contributed by atoms with Crippen molar-refractivity contribution in [3.8, 4) is 0 Å². The Morgan fingerprint density at radius 3 is 2.17 bits per heavy atom. The molecule has 2 aromatic carbocycles. The number of thiazole rings is 1. The molecule has 0 saturated heterocycles. The zero-order valence-electron chi connectivity index (χ0n) is 19.4. The Hall–Kier alpha value is -4.05. The van der Waals surface area contributed by atoms with Crippen LogP contribution in [0.15, 0.2) is 58.9 Å². The number of esters is 2. The number of fused-ring (bicyclic) bond motifs is 1. The molecule has 0 amide bonds. The number of nitrogens with two attached hydrogens (primary N) is 1. The van der Waals surface area contributed by atoms with Crippen LogP contribution in [0.3, 0.4) is 0 Å². The lowest BCUT2D eigenvalue weighted by molar-refractivity contribution is -0.138. The maximum atomic E-state index is 15.0. The van der Waals surface area contributed by atoms with Crippen molar-refractivity contribution in [3.05, 3.63) is 96.4 Å². The van der Waals surface area contributed by atoms with Crippen LogP contribution in [0.5, 0.6) is 0 Å². The Morgan fingerprint density at radius 2 is 1.56 bits per heavy atom. The molecular formula is C26H22F2N2O5S. The van der Waals surface area contributed by atoms with E-state index >= 15 is 4.39 Å². The summed E-state index contributed by atoms with van der Waals surface area (Å²) in [5.74, 6) is -4.61. The van der Waals surface area contributed by atoms with E-state index in [2.05, 4.69) is 0 Å². The number of halogens is 2. The van der Waals surface area contributed by atoms with Crippen LogP contribution in [0.1, 0.15) is 30.9 Å². The SMILES string of the molecule is CCOC(=O)C1=C(N)n2c(sc(=Cc3ccccc3F)c2=O)=C(C(=O)OCC)C1c1ccccc1F. The average Bonchev–Trinajstić information content (AvgIpc) is 3.16.